The molecule has 0 saturated carbocycles. The second-order valence-electron chi connectivity index (χ2n) is 6.97. The molecule has 2 heterocycles. The van der Waals surface area contributed by atoms with Gasteiger partial charge in [0.2, 0.25) is 5.91 Å². The number of carboxylic acid groups (broad SMARTS) is 1. The van der Waals surface area contributed by atoms with Crippen molar-refractivity contribution in [2.75, 3.05) is 31.6 Å². The second kappa shape index (κ2) is 8.28. The molecule has 28 heavy (non-hydrogen) atoms. The van der Waals surface area contributed by atoms with Gasteiger partial charge in [-0.1, -0.05) is 0 Å². The van der Waals surface area contributed by atoms with Crippen LogP contribution in [0.25, 0.3) is 0 Å². The van der Waals surface area contributed by atoms with Crippen LogP contribution in [-0.2, 0) is 14.4 Å². The van der Waals surface area contributed by atoms with E-state index in [1.165, 1.54) is 11.8 Å². The molecule has 0 bridgehead atoms. The van der Waals surface area contributed by atoms with Crippen molar-refractivity contribution in [3.05, 3.63) is 23.8 Å². The molecule has 1 saturated heterocycles. The number of carbonyl (C=O) groups is 4. The highest BCUT2D eigenvalue weighted by Gasteiger charge is 2.28. The number of nitrogens with one attached hydrogen (secondary N) is 1. The van der Waals surface area contributed by atoms with E-state index >= 15 is 0 Å². The lowest BCUT2D eigenvalue weighted by molar-refractivity contribution is -0.145. The Bertz CT molecular complexity index is 809. The van der Waals surface area contributed by atoms with E-state index in [9.17, 15) is 19.2 Å². The van der Waals surface area contributed by atoms with Gasteiger partial charge >= 0.3 is 5.97 Å². The summed E-state index contributed by atoms with van der Waals surface area (Å²) in [6.07, 6.45) is 1.83. The van der Waals surface area contributed by atoms with Crippen LogP contribution in [0.2, 0.25) is 0 Å². The van der Waals surface area contributed by atoms with E-state index in [0.29, 0.717) is 49.4 Å². The summed E-state index contributed by atoms with van der Waals surface area (Å²) < 4.78 is 5.31. The van der Waals surface area contributed by atoms with Crippen LogP contribution in [-0.4, -0.2) is 70.9 Å². The van der Waals surface area contributed by atoms with Crippen LogP contribution in [0, 0.1) is 0 Å². The summed E-state index contributed by atoms with van der Waals surface area (Å²) in [6.45, 7) is 1.93. The molecule has 2 N–H and O–H groups in total. The normalized spacial score (nSPS) is 19.0. The largest absolute Gasteiger partial charge is 0.482 e. The minimum absolute atomic E-state index is 0.0448. The van der Waals surface area contributed by atoms with Gasteiger partial charge in [0.05, 0.1) is 5.69 Å². The van der Waals surface area contributed by atoms with Crippen LogP contribution in [0.1, 0.15) is 36.5 Å². The SMILES string of the molecule is CC(=O)N(CC(=O)O)C1CCCN(C(=O)c2ccc3c(c2)NC(=O)CO3)CC1. The third-order valence-corrected chi connectivity index (χ3v) is 5.00. The van der Waals surface area contributed by atoms with Crippen LogP contribution in [0.5, 0.6) is 5.75 Å². The lowest BCUT2D eigenvalue weighted by atomic mass is 10.1. The number of anilines is 1. The molecule has 0 spiro atoms. The molecule has 2 aliphatic heterocycles. The second-order valence-corrected chi connectivity index (χ2v) is 6.97. The maximum absolute atomic E-state index is 12.9. The highest BCUT2D eigenvalue weighted by atomic mass is 16.5. The predicted molar refractivity (Wildman–Crippen MR) is 99.1 cm³/mol. The number of hydrogen-bond acceptors (Lipinski definition) is 5. The molecule has 150 valence electrons. The van der Waals surface area contributed by atoms with Gasteiger partial charge in [-0.3, -0.25) is 19.2 Å². The zero-order chi connectivity index (χ0) is 20.3. The summed E-state index contributed by atoms with van der Waals surface area (Å²) in [5.41, 5.74) is 0.913. The lowest BCUT2D eigenvalue weighted by Gasteiger charge is -2.29. The number of amides is 3. The number of benzene rings is 1. The molecule has 0 aliphatic carbocycles. The van der Waals surface area contributed by atoms with E-state index in [-0.39, 0.29) is 36.9 Å². The Labute approximate surface area is 162 Å². The predicted octanol–water partition coefficient (Wildman–Crippen LogP) is 0.945. The lowest BCUT2D eigenvalue weighted by Crippen LogP contribution is -2.43. The van der Waals surface area contributed by atoms with Crippen LogP contribution >= 0.6 is 0 Å². The number of nitrogens with zero attached hydrogens (tertiary/aromatic N) is 2. The highest BCUT2D eigenvalue weighted by molar-refractivity contribution is 5.99. The van der Waals surface area contributed by atoms with Crippen LogP contribution in [0.4, 0.5) is 5.69 Å². The molecule has 2 aliphatic rings. The fourth-order valence-electron chi connectivity index (χ4n) is 3.64. The molecule has 9 nitrogen and oxygen atoms in total. The molecule has 0 aromatic heterocycles. The first-order chi connectivity index (χ1) is 13.3. The van der Waals surface area contributed by atoms with Gasteiger partial charge in [-0.15, -0.1) is 0 Å². The van der Waals surface area contributed by atoms with Crippen molar-refractivity contribution < 1.29 is 29.0 Å². The molecule has 1 aromatic carbocycles. The Balaban J connectivity index is 1.69. The number of fused-ring (bicyclic) bond motifs is 1. The number of carboxylic acids is 1. The Morgan fingerprint density at radius 1 is 1.29 bits per heavy atom. The van der Waals surface area contributed by atoms with E-state index in [1.54, 1.807) is 23.1 Å². The Morgan fingerprint density at radius 3 is 2.79 bits per heavy atom. The van der Waals surface area contributed by atoms with Crippen LogP contribution in [0.3, 0.4) is 0 Å². The molecule has 1 unspecified atom stereocenters. The topological polar surface area (TPSA) is 116 Å². The van der Waals surface area contributed by atoms with Crippen molar-refractivity contribution >= 4 is 29.4 Å². The van der Waals surface area contributed by atoms with Gasteiger partial charge in [0.1, 0.15) is 12.3 Å². The van der Waals surface area contributed by atoms with Gasteiger partial charge in [-0.05, 0) is 37.5 Å². The van der Waals surface area contributed by atoms with Crippen molar-refractivity contribution in [3.63, 3.8) is 0 Å². The van der Waals surface area contributed by atoms with Crippen molar-refractivity contribution in [2.24, 2.45) is 0 Å². The molecule has 3 rings (SSSR count). The minimum atomic E-state index is -1.05. The van der Waals surface area contributed by atoms with E-state index < -0.39 is 5.97 Å². The number of carbonyl (C=O) groups excluding carboxylic acids is 3. The number of rotatable bonds is 4. The molecular formula is C19H23N3O6. The average Bonchev–Trinajstić information content (AvgIpc) is 2.90. The summed E-state index contributed by atoms with van der Waals surface area (Å²) in [5, 5.41) is 11.7. The van der Waals surface area contributed by atoms with Crippen molar-refractivity contribution in [2.45, 2.75) is 32.2 Å². The first-order valence-electron chi connectivity index (χ1n) is 9.20. The maximum Gasteiger partial charge on any atom is 0.323 e. The Hall–Kier alpha value is -3.10. The van der Waals surface area contributed by atoms with Gasteiger partial charge in [0.15, 0.2) is 6.61 Å². The fourth-order valence-corrected chi connectivity index (χ4v) is 3.64. The molecular weight excluding hydrogens is 366 g/mol. The fraction of sp³-hybridized carbons (Fsp3) is 0.474. The zero-order valence-corrected chi connectivity index (χ0v) is 15.6. The maximum atomic E-state index is 12.9. The number of ether oxygens (including phenoxy) is 1. The first-order valence-corrected chi connectivity index (χ1v) is 9.20. The van der Waals surface area contributed by atoms with Crippen LogP contribution < -0.4 is 10.1 Å². The van der Waals surface area contributed by atoms with Crippen LogP contribution in [0.15, 0.2) is 18.2 Å². The molecule has 3 amide bonds. The third-order valence-electron chi connectivity index (χ3n) is 5.00. The van der Waals surface area contributed by atoms with Crippen molar-refractivity contribution in [1.82, 2.24) is 9.80 Å². The van der Waals surface area contributed by atoms with Gasteiger partial charge in [0.25, 0.3) is 11.8 Å². The van der Waals surface area contributed by atoms with Crippen molar-refractivity contribution in [3.8, 4) is 5.75 Å². The Morgan fingerprint density at radius 2 is 2.07 bits per heavy atom. The van der Waals surface area contributed by atoms with E-state index in [1.807, 2.05) is 0 Å². The zero-order valence-electron chi connectivity index (χ0n) is 15.6. The number of aliphatic carboxylic acids is 1. The van der Waals surface area contributed by atoms with E-state index in [0.717, 1.165) is 0 Å². The highest BCUT2D eigenvalue weighted by Crippen LogP contribution is 2.29. The van der Waals surface area contributed by atoms with E-state index in [2.05, 4.69) is 5.32 Å². The number of likely N-dealkylation sites (tertiary alicyclic amines) is 1. The van der Waals surface area contributed by atoms with Gasteiger partial charge < -0.3 is 25.0 Å². The van der Waals surface area contributed by atoms with E-state index in [4.69, 9.17) is 9.84 Å². The van der Waals surface area contributed by atoms with Gasteiger partial charge in [-0.25, -0.2) is 0 Å². The molecule has 1 fully saturated rings. The molecule has 0 radical (unpaired) electrons. The summed E-state index contributed by atoms with van der Waals surface area (Å²) in [5.74, 6) is -1.24. The third kappa shape index (κ3) is 4.41. The summed E-state index contributed by atoms with van der Waals surface area (Å²) in [6, 6.07) is 4.71. The first kappa shape index (κ1) is 19.7. The minimum Gasteiger partial charge on any atom is -0.482 e. The van der Waals surface area contributed by atoms with Gasteiger partial charge in [0, 0.05) is 31.6 Å². The monoisotopic (exact) mass is 389 g/mol. The Kier molecular flexibility index (Phi) is 5.81. The average molecular weight is 389 g/mol. The molecule has 1 aromatic rings. The van der Waals surface area contributed by atoms with Gasteiger partial charge in [-0.2, -0.15) is 0 Å². The number of hydrogen-bond donors (Lipinski definition) is 2. The molecule has 9 heteroatoms. The molecule has 1 atom stereocenters. The standard InChI is InChI=1S/C19H23N3O6/c1-12(23)22(10-18(25)26)14-3-2-7-21(8-6-14)19(27)13-4-5-16-15(9-13)20-17(24)11-28-16/h4-5,9,14H,2-3,6-8,10-11H2,1H3,(H,20,24)(H,25,26). The quantitative estimate of drug-likeness (QED) is 0.792. The summed E-state index contributed by atoms with van der Waals surface area (Å²) in [4.78, 5) is 50.3. The van der Waals surface area contributed by atoms with Crippen molar-refractivity contribution in [1.29, 1.82) is 0 Å². The smallest absolute Gasteiger partial charge is 0.323 e. The summed E-state index contributed by atoms with van der Waals surface area (Å²) >= 11 is 0. The summed E-state index contributed by atoms with van der Waals surface area (Å²) in [7, 11) is 0.